The largest absolute Gasteiger partial charge is 0.486 e. The van der Waals surface area contributed by atoms with E-state index in [1.165, 1.54) is 0 Å². The van der Waals surface area contributed by atoms with E-state index in [0.717, 1.165) is 0 Å². The summed E-state index contributed by atoms with van der Waals surface area (Å²) in [4.78, 5) is 0. The van der Waals surface area contributed by atoms with Crippen LogP contribution in [-0.4, -0.2) is 27.7 Å². The van der Waals surface area contributed by atoms with Crippen molar-refractivity contribution < 1.29 is 17.9 Å². The molecule has 0 aliphatic carbocycles. The highest BCUT2D eigenvalue weighted by molar-refractivity contribution is 7.88. The minimum absolute atomic E-state index is 0.123. The summed E-state index contributed by atoms with van der Waals surface area (Å²) in [6.45, 7) is 0.407. The van der Waals surface area contributed by atoms with Gasteiger partial charge in [0, 0.05) is 0 Å². The van der Waals surface area contributed by atoms with E-state index in [9.17, 15) is 8.42 Å². The lowest BCUT2D eigenvalue weighted by Crippen LogP contribution is -2.41. The normalized spacial score (nSPS) is 16.8. The summed E-state index contributed by atoms with van der Waals surface area (Å²) in [5.41, 5.74) is 0.558. The van der Waals surface area contributed by atoms with E-state index in [0.29, 0.717) is 27.1 Å². The summed E-state index contributed by atoms with van der Waals surface area (Å²) in [7, 11) is -3.53. The van der Waals surface area contributed by atoms with Gasteiger partial charge >= 0.3 is 0 Å². The van der Waals surface area contributed by atoms with Gasteiger partial charge in [-0.3, -0.25) is 0 Å². The maximum Gasteiger partial charge on any atom is 0.215 e. The molecule has 2 aromatic rings. The van der Waals surface area contributed by atoms with Gasteiger partial charge in [0.15, 0.2) is 11.5 Å². The van der Waals surface area contributed by atoms with Crippen LogP contribution in [0.3, 0.4) is 0 Å². The minimum atomic E-state index is -3.53. The Kier molecular flexibility index (Phi) is 5.20. The molecule has 24 heavy (non-hydrogen) atoms. The van der Waals surface area contributed by atoms with Gasteiger partial charge in [0.05, 0.1) is 22.3 Å². The number of para-hydroxylation sites is 2. The Morgan fingerprint density at radius 2 is 1.83 bits per heavy atom. The average Bonchev–Trinajstić information content (AvgIpc) is 2.56. The number of halogens is 2. The number of nitrogens with one attached hydrogen (secondary N) is 1. The van der Waals surface area contributed by atoms with Gasteiger partial charge < -0.3 is 9.47 Å². The minimum Gasteiger partial charge on any atom is -0.486 e. The van der Waals surface area contributed by atoms with Crippen molar-refractivity contribution in [1.82, 2.24) is 4.72 Å². The molecule has 2 aromatic carbocycles. The standard InChI is InChI=1S/C16H15Cl2NO4S/c17-13-6-5-11(7-14(13)18)10-24(20,21)19-8-12-9-22-15-3-1-2-4-16(15)23-12/h1-7,12,19H,8-10H2/t12-/m1/s1. The van der Waals surface area contributed by atoms with Crippen molar-refractivity contribution in [3.8, 4) is 11.5 Å². The topological polar surface area (TPSA) is 64.6 Å². The Labute approximate surface area is 150 Å². The van der Waals surface area contributed by atoms with Gasteiger partial charge in [0.2, 0.25) is 10.0 Å². The summed E-state index contributed by atoms with van der Waals surface area (Å²) < 4.78 is 38.2. The van der Waals surface area contributed by atoms with Crippen LogP contribution in [0.25, 0.3) is 0 Å². The molecule has 1 aliphatic heterocycles. The van der Waals surface area contributed by atoms with Crippen molar-refractivity contribution >= 4 is 33.2 Å². The molecule has 3 rings (SSSR count). The van der Waals surface area contributed by atoms with Crippen LogP contribution in [0.2, 0.25) is 10.0 Å². The van der Waals surface area contributed by atoms with E-state index >= 15 is 0 Å². The van der Waals surface area contributed by atoms with E-state index in [-0.39, 0.29) is 25.0 Å². The molecule has 0 amide bonds. The summed E-state index contributed by atoms with van der Waals surface area (Å²) in [5, 5.41) is 0.710. The van der Waals surface area contributed by atoms with Crippen molar-refractivity contribution in [3.05, 3.63) is 58.1 Å². The van der Waals surface area contributed by atoms with Crippen molar-refractivity contribution in [3.63, 3.8) is 0 Å². The number of rotatable bonds is 5. The lowest BCUT2D eigenvalue weighted by atomic mass is 10.2. The first-order chi connectivity index (χ1) is 11.4. The Balaban J connectivity index is 1.58. The second-order valence-electron chi connectivity index (χ2n) is 5.35. The number of fused-ring (bicyclic) bond motifs is 1. The molecule has 0 saturated heterocycles. The van der Waals surface area contributed by atoms with Gasteiger partial charge in [-0.25, -0.2) is 13.1 Å². The third kappa shape index (κ3) is 4.33. The molecule has 0 bridgehead atoms. The SMILES string of the molecule is O=S(=O)(Cc1ccc(Cl)c(Cl)c1)NC[C@@H]1COc2ccccc2O1. The molecule has 0 radical (unpaired) electrons. The molecule has 0 fully saturated rings. The van der Waals surface area contributed by atoms with Crippen molar-refractivity contribution in [2.45, 2.75) is 11.9 Å². The van der Waals surface area contributed by atoms with E-state index < -0.39 is 10.0 Å². The first-order valence-electron chi connectivity index (χ1n) is 7.23. The highest BCUT2D eigenvalue weighted by Gasteiger charge is 2.22. The second kappa shape index (κ2) is 7.19. The maximum atomic E-state index is 12.2. The lowest BCUT2D eigenvalue weighted by molar-refractivity contribution is 0.0943. The zero-order valence-corrected chi connectivity index (χ0v) is 14.9. The zero-order chi connectivity index (χ0) is 17.2. The highest BCUT2D eigenvalue weighted by atomic mass is 35.5. The van der Waals surface area contributed by atoms with Crippen LogP contribution < -0.4 is 14.2 Å². The first kappa shape index (κ1) is 17.4. The molecule has 1 N–H and O–H groups in total. The fraction of sp³-hybridized carbons (Fsp3) is 0.250. The van der Waals surface area contributed by atoms with Gasteiger partial charge in [-0.1, -0.05) is 41.4 Å². The zero-order valence-electron chi connectivity index (χ0n) is 12.5. The molecule has 1 atom stereocenters. The number of sulfonamides is 1. The van der Waals surface area contributed by atoms with Crippen LogP contribution in [0.4, 0.5) is 0 Å². The predicted octanol–water partition coefficient (Wildman–Crippen LogP) is 3.25. The molecule has 0 aromatic heterocycles. The Bertz CT molecular complexity index is 842. The molecule has 5 nitrogen and oxygen atoms in total. The molecule has 1 heterocycles. The smallest absolute Gasteiger partial charge is 0.215 e. The summed E-state index contributed by atoms with van der Waals surface area (Å²) in [5.74, 6) is 1.08. The van der Waals surface area contributed by atoms with Crippen molar-refractivity contribution in [2.24, 2.45) is 0 Å². The molecule has 8 heteroatoms. The van der Waals surface area contributed by atoms with E-state index in [1.807, 2.05) is 12.1 Å². The molecule has 0 spiro atoms. The van der Waals surface area contributed by atoms with Gasteiger partial charge in [-0.2, -0.15) is 0 Å². The molecular formula is C16H15Cl2NO4S. The van der Waals surface area contributed by atoms with Crippen molar-refractivity contribution in [1.29, 1.82) is 0 Å². The fourth-order valence-corrected chi connectivity index (χ4v) is 3.76. The molecule has 0 saturated carbocycles. The molecule has 1 aliphatic rings. The number of ether oxygens (including phenoxy) is 2. The number of hydrogen-bond donors (Lipinski definition) is 1. The van der Waals surface area contributed by atoms with Crippen LogP contribution in [0.1, 0.15) is 5.56 Å². The monoisotopic (exact) mass is 387 g/mol. The Morgan fingerprint density at radius 1 is 1.08 bits per heavy atom. The van der Waals surface area contributed by atoms with Gasteiger partial charge in [0.1, 0.15) is 12.7 Å². The Hall–Kier alpha value is -1.47. The van der Waals surface area contributed by atoms with Crippen LogP contribution >= 0.6 is 23.2 Å². The van der Waals surface area contributed by atoms with Crippen molar-refractivity contribution in [2.75, 3.05) is 13.2 Å². The Morgan fingerprint density at radius 3 is 2.58 bits per heavy atom. The third-order valence-electron chi connectivity index (χ3n) is 3.44. The van der Waals surface area contributed by atoms with Gasteiger partial charge in [0.25, 0.3) is 0 Å². The van der Waals surface area contributed by atoms with Crippen LogP contribution in [0.5, 0.6) is 11.5 Å². The van der Waals surface area contributed by atoms with Crippen LogP contribution in [-0.2, 0) is 15.8 Å². The van der Waals surface area contributed by atoms with Crippen LogP contribution in [0.15, 0.2) is 42.5 Å². The van der Waals surface area contributed by atoms with E-state index in [2.05, 4.69) is 4.72 Å². The summed E-state index contributed by atoms with van der Waals surface area (Å²) in [6.07, 6.45) is -0.386. The second-order valence-corrected chi connectivity index (χ2v) is 7.97. The number of benzene rings is 2. The van der Waals surface area contributed by atoms with Gasteiger partial charge in [-0.15, -0.1) is 0 Å². The van der Waals surface area contributed by atoms with E-state index in [4.69, 9.17) is 32.7 Å². The highest BCUT2D eigenvalue weighted by Crippen LogP contribution is 2.30. The lowest BCUT2D eigenvalue weighted by Gasteiger charge is -2.26. The average molecular weight is 388 g/mol. The van der Waals surface area contributed by atoms with Gasteiger partial charge in [-0.05, 0) is 29.8 Å². The first-order valence-corrected chi connectivity index (χ1v) is 9.63. The summed E-state index contributed by atoms with van der Waals surface area (Å²) >= 11 is 11.7. The summed E-state index contributed by atoms with van der Waals surface area (Å²) in [6, 6.07) is 12.0. The van der Waals surface area contributed by atoms with Crippen LogP contribution in [0, 0.1) is 0 Å². The molecule has 0 unspecified atom stereocenters. The predicted molar refractivity (Wildman–Crippen MR) is 93.4 cm³/mol. The molecule has 128 valence electrons. The molecular weight excluding hydrogens is 373 g/mol. The quantitative estimate of drug-likeness (QED) is 0.854. The number of hydrogen-bond acceptors (Lipinski definition) is 4. The van der Waals surface area contributed by atoms with E-state index in [1.54, 1.807) is 30.3 Å². The maximum absolute atomic E-state index is 12.2. The third-order valence-corrected chi connectivity index (χ3v) is 5.50. The fourth-order valence-electron chi connectivity index (χ4n) is 2.28.